The van der Waals surface area contributed by atoms with E-state index in [4.69, 9.17) is 16.3 Å². The van der Waals surface area contributed by atoms with E-state index in [0.717, 1.165) is 34.2 Å². The van der Waals surface area contributed by atoms with Crippen molar-refractivity contribution < 1.29 is 4.74 Å². The van der Waals surface area contributed by atoms with Gasteiger partial charge < -0.3 is 9.30 Å². The van der Waals surface area contributed by atoms with Crippen LogP contribution >= 0.6 is 23.4 Å². The molecule has 1 aromatic heterocycles. The molecule has 3 nitrogen and oxygen atoms in total. The average Bonchev–Trinajstić information content (AvgIpc) is 2.91. The van der Waals surface area contributed by atoms with Crippen LogP contribution in [0.25, 0.3) is 11.0 Å². The van der Waals surface area contributed by atoms with Gasteiger partial charge in [-0.25, -0.2) is 4.98 Å². The van der Waals surface area contributed by atoms with Crippen LogP contribution in [0.1, 0.15) is 0 Å². The van der Waals surface area contributed by atoms with Crippen molar-refractivity contribution >= 4 is 34.4 Å². The summed E-state index contributed by atoms with van der Waals surface area (Å²) in [6.45, 7) is 5.15. The molecule has 23 heavy (non-hydrogen) atoms. The van der Waals surface area contributed by atoms with Crippen molar-refractivity contribution in [3.05, 3.63) is 66.2 Å². The summed E-state index contributed by atoms with van der Waals surface area (Å²) < 4.78 is 7.89. The van der Waals surface area contributed by atoms with Crippen molar-refractivity contribution in [2.24, 2.45) is 0 Å². The van der Waals surface area contributed by atoms with Crippen molar-refractivity contribution in [3.63, 3.8) is 0 Å². The first kappa shape index (κ1) is 16.0. The third kappa shape index (κ3) is 3.71. The van der Waals surface area contributed by atoms with Crippen LogP contribution in [0.2, 0.25) is 5.02 Å². The minimum atomic E-state index is 0.575. The molecule has 0 atom stereocenters. The lowest BCUT2D eigenvalue weighted by atomic mass is 10.3. The van der Waals surface area contributed by atoms with E-state index in [9.17, 15) is 0 Å². The summed E-state index contributed by atoms with van der Waals surface area (Å²) >= 11 is 7.75. The van der Waals surface area contributed by atoms with Gasteiger partial charge in [0.1, 0.15) is 5.75 Å². The van der Waals surface area contributed by atoms with Crippen LogP contribution in [0, 0.1) is 0 Å². The summed E-state index contributed by atoms with van der Waals surface area (Å²) in [6, 6.07) is 15.6. The van der Waals surface area contributed by atoms with Crippen molar-refractivity contribution in [1.82, 2.24) is 9.55 Å². The maximum atomic E-state index is 6.08. The highest BCUT2D eigenvalue weighted by molar-refractivity contribution is 7.99. The maximum absolute atomic E-state index is 6.08. The summed E-state index contributed by atoms with van der Waals surface area (Å²) in [6.07, 6.45) is 1.89. The molecule has 3 aromatic rings. The van der Waals surface area contributed by atoms with Gasteiger partial charge in [0.25, 0.3) is 0 Å². The Bertz CT molecular complexity index is 816. The van der Waals surface area contributed by atoms with Gasteiger partial charge in [-0.3, -0.25) is 0 Å². The Morgan fingerprint density at radius 1 is 1.17 bits per heavy atom. The molecular weight excluding hydrogens is 328 g/mol. The highest BCUT2D eigenvalue weighted by Gasteiger charge is 2.10. The second kappa shape index (κ2) is 7.57. The van der Waals surface area contributed by atoms with Crippen LogP contribution in [0.15, 0.2) is 66.3 Å². The zero-order chi connectivity index (χ0) is 16.1. The molecule has 0 aliphatic rings. The minimum absolute atomic E-state index is 0.575. The zero-order valence-electron chi connectivity index (χ0n) is 12.6. The lowest BCUT2D eigenvalue weighted by Gasteiger charge is -2.08. The zero-order valence-corrected chi connectivity index (χ0v) is 14.2. The van der Waals surface area contributed by atoms with Gasteiger partial charge in [0.15, 0.2) is 5.16 Å². The number of halogens is 1. The van der Waals surface area contributed by atoms with Crippen LogP contribution in [0.5, 0.6) is 5.75 Å². The summed E-state index contributed by atoms with van der Waals surface area (Å²) in [5.41, 5.74) is 2.13. The monoisotopic (exact) mass is 344 g/mol. The molecule has 0 N–H and O–H groups in total. The molecule has 0 saturated carbocycles. The fourth-order valence-corrected chi connectivity index (χ4v) is 3.35. The number of nitrogens with zero attached hydrogens (tertiary/aromatic N) is 2. The molecule has 118 valence electrons. The molecule has 0 amide bonds. The summed E-state index contributed by atoms with van der Waals surface area (Å²) in [4.78, 5) is 4.69. The predicted molar refractivity (Wildman–Crippen MR) is 97.6 cm³/mol. The third-order valence-electron chi connectivity index (χ3n) is 3.34. The first-order valence-electron chi connectivity index (χ1n) is 7.36. The highest BCUT2D eigenvalue weighted by Crippen LogP contribution is 2.26. The molecule has 0 aliphatic carbocycles. The molecule has 1 heterocycles. The quantitative estimate of drug-likeness (QED) is 0.341. The van der Waals surface area contributed by atoms with Gasteiger partial charge in [-0.2, -0.15) is 0 Å². The van der Waals surface area contributed by atoms with Crippen molar-refractivity contribution in [1.29, 1.82) is 0 Å². The van der Waals surface area contributed by atoms with Crippen molar-refractivity contribution in [3.8, 4) is 5.75 Å². The Hall–Kier alpha value is -1.91. The predicted octanol–water partition coefficient (Wildman–Crippen LogP) is 5.05. The maximum Gasteiger partial charge on any atom is 0.169 e. The molecule has 0 fully saturated rings. The van der Waals surface area contributed by atoms with Crippen LogP contribution in [-0.4, -0.2) is 21.9 Å². The number of imidazole rings is 1. The number of ether oxygens (including phenoxy) is 1. The van der Waals surface area contributed by atoms with Crippen molar-refractivity contribution in [2.75, 3.05) is 12.4 Å². The molecule has 0 unspecified atom stereocenters. The van der Waals surface area contributed by atoms with Crippen LogP contribution in [0.4, 0.5) is 0 Å². The summed E-state index contributed by atoms with van der Waals surface area (Å²) in [5, 5.41) is 1.62. The van der Waals surface area contributed by atoms with E-state index in [1.54, 1.807) is 11.8 Å². The Balaban J connectivity index is 1.66. The molecule has 0 bridgehead atoms. The SMILES string of the molecule is C=CCn1c(SCCOc2ccccc2Cl)nc2ccccc21. The molecule has 0 radical (unpaired) electrons. The molecule has 2 aromatic carbocycles. The molecule has 5 heteroatoms. The highest BCUT2D eigenvalue weighted by atomic mass is 35.5. The summed E-state index contributed by atoms with van der Waals surface area (Å²) in [5.74, 6) is 1.51. The van der Waals surface area contributed by atoms with E-state index in [1.165, 1.54) is 0 Å². The number of fused-ring (bicyclic) bond motifs is 1. The van der Waals surface area contributed by atoms with E-state index in [2.05, 4.69) is 22.2 Å². The number of thioether (sulfide) groups is 1. The molecule has 0 aliphatic heterocycles. The summed E-state index contributed by atoms with van der Waals surface area (Å²) in [7, 11) is 0. The lowest BCUT2D eigenvalue weighted by Crippen LogP contribution is -2.03. The number of hydrogen-bond acceptors (Lipinski definition) is 3. The first-order chi connectivity index (χ1) is 11.3. The topological polar surface area (TPSA) is 27.1 Å². The number of allylic oxidation sites excluding steroid dienone is 1. The van der Waals surface area contributed by atoms with Crippen LogP contribution in [0.3, 0.4) is 0 Å². The first-order valence-corrected chi connectivity index (χ1v) is 8.72. The Morgan fingerprint density at radius 3 is 2.78 bits per heavy atom. The number of benzene rings is 2. The third-order valence-corrected chi connectivity index (χ3v) is 4.59. The fraction of sp³-hybridized carbons (Fsp3) is 0.167. The van der Waals surface area contributed by atoms with Crippen molar-refractivity contribution in [2.45, 2.75) is 11.7 Å². The van der Waals surface area contributed by atoms with E-state index in [-0.39, 0.29) is 0 Å². The van der Waals surface area contributed by atoms with Gasteiger partial charge in [0.05, 0.1) is 22.7 Å². The average molecular weight is 345 g/mol. The molecule has 0 saturated heterocycles. The largest absolute Gasteiger partial charge is 0.491 e. The van der Waals surface area contributed by atoms with E-state index in [0.29, 0.717) is 11.6 Å². The minimum Gasteiger partial charge on any atom is -0.491 e. The van der Waals surface area contributed by atoms with Gasteiger partial charge in [-0.05, 0) is 24.3 Å². The van der Waals surface area contributed by atoms with Crippen LogP contribution in [-0.2, 0) is 6.54 Å². The number of rotatable bonds is 7. The smallest absolute Gasteiger partial charge is 0.169 e. The Labute approximate surface area is 144 Å². The van der Waals surface area contributed by atoms with Crippen LogP contribution < -0.4 is 4.74 Å². The Morgan fingerprint density at radius 2 is 1.96 bits per heavy atom. The Kier molecular flexibility index (Phi) is 5.26. The standard InChI is InChI=1S/C18H17ClN2OS/c1-2-11-21-16-9-5-4-8-15(16)20-18(21)23-13-12-22-17-10-6-3-7-14(17)19/h2-10H,1,11-13H2. The van der Waals surface area contributed by atoms with E-state index >= 15 is 0 Å². The van der Waals surface area contributed by atoms with E-state index in [1.807, 2.05) is 48.5 Å². The molecule has 0 spiro atoms. The normalized spacial score (nSPS) is 10.8. The second-order valence-electron chi connectivity index (χ2n) is 4.91. The van der Waals surface area contributed by atoms with Gasteiger partial charge in [-0.15, -0.1) is 6.58 Å². The molecular formula is C18H17ClN2OS. The lowest BCUT2D eigenvalue weighted by molar-refractivity contribution is 0.344. The van der Waals surface area contributed by atoms with Gasteiger partial charge in [-0.1, -0.05) is 53.7 Å². The fourth-order valence-electron chi connectivity index (χ4n) is 2.32. The second-order valence-corrected chi connectivity index (χ2v) is 6.38. The molecule has 3 rings (SSSR count). The number of aromatic nitrogens is 2. The van der Waals surface area contributed by atoms with E-state index < -0.39 is 0 Å². The number of hydrogen-bond donors (Lipinski definition) is 0. The van der Waals surface area contributed by atoms with Gasteiger partial charge in [0.2, 0.25) is 0 Å². The van der Waals surface area contributed by atoms with Gasteiger partial charge in [0, 0.05) is 12.3 Å². The number of para-hydroxylation sites is 3. The van der Waals surface area contributed by atoms with Gasteiger partial charge >= 0.3 is 0 Å².